The van der Waals surface area contributed by atoms with Crippen LogP contribution in [0.25, 0.3) is 0 Å². The lowest BCUT2D eigenvalue weighted by molar-refractivity contribution is -0.151. The van der Waals surface area contributed by atoms with Crippen LogP contribution in [-0.4, -0.2) is 33.3 Å². The number of hydrogen-bond donors (Lipinski definition) is 2. The van der Waals surface area contributed by atoms with E-state index < -0.39 is 35.3 Å². The van der Waals surface area contributed by atoms with E-state index in [0.29, 0.717) is 0 Å². The molecule has 34 heavy (non-hydrogen) atoms. The summed E-state index contributed by atoms with van der Waals surface area (Å²) in [5.74, 6) is -3.68. The van der Waals surface area contributed by atoms with Crippen molar-refractivity contribution < 1.29 is 19.5 Å². The molecular formula is C28H26N2O4. The van der Waals surface area contributed by atoms with Gasteiger partial charge in [0.05, 0.1) is 18.4 Å². The molecule has 4 unspecified atom stereocenters. The van der Waals surface area contributed by atoms with Crippen LogP contribution in [0.1, 0.15) is 28.3 Å². The third-order valence-corrected chi connectivity index (χ3v) is 7.16. The number of aliphatic carboxylic acids is 1. The summed E-state index contributed by atoms with van der Waals surface area (Å²) < 4.78 is 0. The number of carbonyl (C=O) groups is 3. The molecule has 0 bridgehead atoms. The summed E-state index contributed by atoms with van der Waals surface area (Å²) in [6, 6.07) is 25.6. The van der Waals surface area contributed by atoms with Crippen molar-refractivity contribution in [1.29, 1.82) is 0 Å². The lowest BCUT2D eigenvalue weighted by atomic mass is 9.76. The van der Waals surface area contributed by atoms with Gasteiger partial charge >= 0.3 is 5.97 Å². The number of benzene rings is 3. The van der Waals surface area contributed by atoms with Gasteiger partial charge in [0.15, 0.2) is 0 Å². The molecule has 4 atom stereocenters. The van der Waals surface area contributed by atoms with Gasteiger partial charge in [0.25, 0.3) is 0 Å². The van der Waals surface area contributed by atoms with E-state index in [1.807, 2.05) is 91.9 Å². The Morgan fingerprint density at radius 1 is 0.882 bits per heavy atom. The average Bonchev–Trinajstić information content (AvgIpc) is 3.31. The van der Waals surface area contributed by atoms with Crippen molar-refractivity contribution in [3.8, 4) is 0 Å². The SMILES string of the molecule is Cc1ccccc1C1NC(Cc2ccccc2)(C(=O)O)C2C(=O)N(Cc3ccccc3)C(=O)C12. The number of imide groups is 1. The molecular weight excluding hydrogens is 428 g/mol. The quantitative estimate of drug-likeness (QED) is 0.557. The number of carbonyl (C=O) groups excluding carboxylic acids is 2. The van der Waals surface area contributed by atoms with Crippen LogP contribution >= 0.6 is 0 Å². The number of fused-ring (bicyclic) bond motifs is 1. The standard InChI is InChI=1S/C28H26N2O4/c1-18-10-8-9-15-21(18)24-22-23(26(32)30(25(22)31)17-20-13-6-3-7-14-20)28(29-24,27(33)34)16-19-11-4-2-5-12-19/h2-15,22-24,29H,16-17H2,1H3,(H,33,34). The summed E-state index contributed by atoms with van der Waals surface area (Å²) in [5.41, 5.74) is 1.81. The van der Waals surface area contributed by atoms with Crippen LogP contribution in [0, 0.1) is 18.8 Å². The van der Waals surface area contributed by atoms with Gasteiger partial charge in [-0.2, -0.15) is 0 Å². The van der Waals surface area contributed by atoms with Gasteiger partial charge in [-0.15, -0.1) is 0 Å². The molecule has 2 heterocycles. The van der Waals surface area contributed by atoms with Crippen molar-refractivity contribution in [2.45, 2.75) is 31.5 Å². The van der Waals surface area contributed by atoms with Crippen LogP contribution in [-0.2, 0) is 27.3 Å². The van der Waals surface area contributed by atoms with E-state index in [4.69, 9.17) is 0 Å². The Balaban J connectivity index is 1.62. The van der Waals surface area contributed by atoms with E-state index in [-0.39, 0.29) is 18.9 Å². The Kier molecular flexibility index (Phi) is 5.54. The highest BCUT2D eigenvalue weighted by Gasteiger charge is 2.68. The molecule has 3 aromatic carbocycles. The molecule has 2 aliphatic heterocycles. The number of nitrogens with zero attached hydrogens (tertiary/aromatic N) is 1. The largest absolute Gasteiger partial charge is 0.480 e. The minimum absolute atomic E-state index is 0.102. The number of nitrogens with one attached hydrogen (secondary N) is 1. The number of carboxylic acids is 1. The van der Waals surface area contributed by atoms with Crippen LogP contribution in [0.3, 0.4) is 0 Å². The predicted octanol–water partition coefficient (Wildman–Crippen LogP) is 3.51. The van der Waals surface area contributed by atoms with Crippen LogP contribution in [0.5, 0.6) is 0 Å². The van der Waals surface area contributed by atoms with Gasteiger partial charge in [-0.3, -0.25) is 24.6 Å². The number of amides is 2. The molecule has 0 radical (unpaired) electrons. The topological polar surface area (TPSA) is 86.7 Å². The zero-order chi connectivity index (χ0) is 23.9. The highest BCUT2D eigenvalue weighted by molar-refractivity contribution is 6.09. The first-order valence-electron chi connectivity index (χ1n) is 11.4. The first-order chi connectivity index (χ1) is 16.4. The zero-order valence-corrected chi connectivity index (χ0v) is 18.8. The van der Waals surface area contributed by atoms with Crippen molar-refractivity contribution in [3.05, 3.63) is 107 Å². The lowest BCUT2D eigenvalue weighted by Gasteiger charge is -2.31. The maximum absolute atomic E-state index is 13.8. The van der Waals surface area contributed by atoms with Crippen molar-refractivity contribution in [3.63, 3.8) is 0 Å². The van der Waals surface area contributed by atoms with E-state index >= 15 is 0 Å². The maximum Gasteiger partial charge on any atom is 0.325 e. The van der Waals surface area contributed by atoms with Crippen molar-refractivity contribution >= 4 is 17.8 Å². The molecule has 2 aliphatic rings. The van der Waals surface area contributed by atoms with Gasteiger partial charge < -0.3 is 5.11 Å². The van der Waals surface area contributed by atoms with Crippen molar-refractivity contribution in [2.75, 3.05) is 0 Å². The highest BCUT2D eigenvalue weighted by atomic mass is 16.4. The highest BCUT2D eigenvalue weighted by Crippen LogP contribution is 2.50. The summed E-state index contributed by atoms with van der Waals surface area (Å²) in [7, 11) is 0. The lowest BCUT2D eigenvalue weighted by Crippen LogP contribution is -2.57. The second kappa shape index (κ2) is 8.54. The van der Waals surface area contributed by atoms with Gasteiger partial charge in [-0.05, 0) is 29.2 Å². The van der Waals surface area contributed by atoms with Gasteiger partial charge in [0.1, 0.15) is 5.54 Å². The number of hydrogen-bond acceptors (Lipinski definition) is 4. The van der Waals surface area contributed by atoms with Crippen LogP contribution in [0.2, 0.25) is 0 Å². The number of aryl methyl sites for hydroxylation is 1. The molecule has 172 valence electrons. The van der Waals surface area contributed by atoms with E-state index in [2.05, 4.69) is 5.32 Å². The molecule has 2 fully saturated rings. The third-order valence-electron chi connectivity index (χ3n) is 7.16. The molecule has 5 rings (SSSR count). The molecule has 0 saturated carbocycles. The fourth-order valence-corrected chi connectivity index (χ4v) is 5.54. The maximum atomic E-state index is 13.8. The second-order valence-electron chi connectivity index (χ2n) is 9.17. The van der Waals surface area contributed by atoms with E-state index in [0.717, 1.165) is 22.3 Å². The Morgan fingerprint density at radius 2 is 1.47 bits per heavy atom. The Bertz CT molecular complexity index is 1240. The number of rotatable bonds is 6. The van der Waals surface area contributed by atoms with E-state index in [1.165, 1.54) is 4.90 Å². The normalized spacial score (nSPS) is 26.0. The Morgan fingerprint density at radius 3 is 2.09 bits per heavy atom. The minimum Gasteiger partial charge on any atom is -0.480 e. The fraction of sp³-hybridized carbons (Fsp3) is 0.250. The first-order valence-corrected chi connectivity index (χ1v) is 11.4. The molecule has 0 aliphatic carbocycles. The molecule has 3 aromatic rings. The summed E-state index contributed by atoms with van der Waals surface area (Å²) >= 11 is 0. The summed E-state index contributed by atoms with van der Waals surface area (Å²) in [5, 5.41) is 13.8. The van der Waals surface area contributed by atoms with Gasteiger partial charge in [0, 0.05) is 12.5 Å². The summed E-state index contributed by atoms with van der Waals surface area (Å²) in [6.45, 7) is 2.07. The summed E-state index contributed by atoms with van der Waals surface area (Å²) in [6.07, 6.45) is 0.102. The second-order valence-corrected chi connectivity index (χ2v) is 9.17. The van der Waals surface area contributed by atoms with Crippen molar-refractivity contribution in [1.82, 2.24) is 10.2 Å². The van der Waals surface area contributed by atoms with Crippen LogP contribution in [0.15, 0.2) is 84.9 Å². The van der Waals surface area contributed by atoms with Crippen molar-refractivity contribution in [2.24, 2.45) is 11.8 Å². The Labute approximate surface area is 198 Å². The smallest absolute Gasteiger partial charge is 0.325 e. The first kappa shape index (κ1) is 22.0. The van der Waals surface area contributed by atoms with E-state index in [9.17, 15) is 19.5 Å². The number of likely N-dealkylation sites (tertiary alicyclic amines) is 1. The Hall–Kier alpha value is -3.77. The van der Waals surface area contributed by atoms with Gasteiger partial charge in [0.2, 0.25) is 11.8 Å². The molecule has 6 heteroatoms. The molecule has 2 N–H and O–H groups in total. The van der Waals surface area contributed by atoms with Crippen LogP contribution in [0.4, 0.5) is 0 Å². The monoisotopic (exact) mass is 454 g/mol. The molecule has 0 aromatic heterocycles. The van der Waals surface area contributed by atoms with E-state index in [1.54, 1.807) is 0 Å². The van der Waals surface area contributed by atoms with Gasteiger partial charge in [-0.25, -0.2) is 0 Å². The fourth-order valence-electron chi connectivity index (χ4n) is 5.54. The van der Waals surface area contributed by atoms with Crippen LogP contribution < -0.4 is 5.32 Å². The predicted molar refractivity (Wildman–Crippen MR) is 127 cm³/mol. The third kappa shape index (κ3) is 3.51. The molecule has 2 saturated heterocycles. The molecule has 6 nitrogen and oxygen atoms in total. The zero-order valence-electron chi connectivity index (χ0n) is 18.8. The average molecular weight is 455 g/mol. The molecule has 2 amide bonds. The minimum atomic E-state index is -1.60. The molecule has 0 spiro atoms. The number of carboxylic acid groups (broad SMARTS) is 1. The summed E-state index contributed by atoms with van der Waals surface area (Å²) in [4.78, 5) is 41.7. The van der Waals surface area contributed by atoms with Gasteiger partial charge in [-0.1, -0.05) is 84.9 Å².